The highest BCUT2D eigenvalue weighted by atomic mass is 19.1. The minimum absolute atomic E-state index is 0.0478. The molecule has 0 aliphatic heterocycles. The summed E-state index contributed by atoms with van der Waals surface area (Å²) in [6, 6.07) is 5.73. The third-order valence-corrected chi connectivity index (χ3v) is 4.39. The second-order valence-electron chi connectivity index (χ2n) is 11.6. The monoisotopic (exact) mass is 511 g/mol. The lowest BCUT2D eigenvalue weighted by atomic mass is 9.92. The van der Waals surface area contributed by atoms with E-state index in [1.807, 2.05) is 0 Å². The van der Waals surface area contributed by atoms with Crippen molar-refractivity contribution in [1.29, 1.82) is 0 Å². The van der Waals surface area contributed by atoms with Crippen molar-refractivity contribution in [3.05, 3.63) is 29.8 Å². The van der Waals surface area contributed by atoms with Crippen LogP contribution in [0.1, 0.15) is 74.3 Å². The molecule has 1 aromatic carbocycles. The van der Waals surface area contributed by atoms with Crippen molar-refractivity contribution in [2.75, 3.05) is 13.3 Å². The highest BCUT2D eigenvalue weighted by Gasteiger charge is 2.35. The summed E-state index contributed by atoms with van der Waals surface area (Å²) in [7, 11) is 0. The van der Waals surface area contributed by atoms with Crippen molar-refractivity contribution in [2.45, 2.75) is 98.0 Å². The Morgan fingerprint density at radius 1 is 0.806 bits per heavy atom. The zero-order valence-electron chi connectivity index (χ0n) is 23.0. The van der Waals surface area contributed by atoms with Crippen molar-refractivity contribution >= 4 is 18.0 Å². The van der Waals surface area contributed by atoms with E-state index in [1.165, 1.54) is 0 Å². The summed E-state index contributed by atoms with van der Waals surface area (Å²) in [5, 5.41) is 2.56. The number of rotatable bonds is 10. The molecule has 0 heterocycles. The Morgan fingerprint density at radius 3 is 1.78 bits per heavy atom. The topological polar surface area (TPSA) is 100 Å². The molecule has 0 aromatic heterocycles. The normalized spacial score (nSPS) is 13.8. The first kappa shape index (κ1) is 31.2. The van der Waals surface area contributed by atoms with E-state index in [2.05, 4.69) is 5.32 Å². The van der Waals surface area contributed by atoms with Gasteiger partial charge in [0.25, 0.3) is 0 Å². The molecular weight excluding hydrogens is 469 g/mol. The van der Waals surface area contributed by atoms with Crippen molar-refractivity contribution in [3.8, 4) is 5.75 Å². The first-order valence-corrected chi connectivity index (χ1v) is 12.1. The van der Waals surface area contributed by atoms with Crippen LogP contribution in [-0.4, -0.2) is 54.2 Å². The molecule has 1 amide bonds. The predicted molar refractivity (Wildman–Crippen MR) is 135 cm³/mol. The molecule has 1 aromatic rings. The van der Waals surface area contributed by atoms with Gasteiger partial charge in [0.2, 0.25) is 0 Å². The Morgan fingerprint density at radius 2 is 1.31 bits per heavy atom. The van der Waals surface area contributed by atoms with Crippen molar-refractivity contribution < 1.29 is 37.7 Å². The van der Waals surface area contributed by atoms with E-state index in [0.717, 1.165) is 5.56 Å². The highest BCUT2D eigenvalue weighted by Crippen LogP contribution is 2.23. The van der Waals surface area contributed by atoms with Crippen LogP contribution in [0.5, 0.6) is 5.75 Å². The number of esters is 2. The summed E-state index contributed by atoms with van der Waals surface area (Å²) in [5.41, 5.74) is -1.56. The van der Waals surface area contributed by atoms with Gasteiger partial charge < -0.3 is 24.3 Å². The van der Waals surface area contributed by atoms with Gasteiger partial charge in [0.1, 0.15) is 41.9 Å². The first-order chi connectivity index (χ1) is 16.4. The van der Waals surface area contributed by atoms with Gasteiger partial charge in [-0.2, -0.15) is 0 Å². The molecule has 0 spiro atoms. The summed E-state index contributed by atoms with van der Waals surface area (Å²) >= 11 is 0. The molecule has 36 heavy (non-hydrogen) atoms. The summed E-state index contributed by atoms with van der Waals surface area (Å²) in [5.74, 6) is -1.48. The maximum Gasteiger partial charge on any atom is 0.408 e. The third-order valence-electron chi connectivity index (χ3n) is 4.39. The zero-order chi connectivity index (χ0) is 27.7. The fourth-order valence-corrected chi connectivity index (χ4v) is 3.13. The third kappa shape index (κ3) is 13.3. The Balaban J connectivity index is 3.21. The van der Waals surface area contributed by atoms with Crippen LogP contribution >= 0.6 is 0 Å². The molecular formula is C27H42FNO7. The molecule has 0 bridgehead atoms. The van der Waals surface area contributed by atoms with Gasteiger partial charge in [-0.15, -0.1) is 0 Å². The number of hydrogen-bond donors (Lipinski definition) is 1. The number of carbonyl (C=O) groups excluding carboxylic acids is 3. The van der Waals surface area contributed by atoms with Gasteiger partial charge in [-0.3, -0.25) is 4.79 Å². The number of halogens is 1. The molecule has 2 atom stereocenters. The van der Waals surface area contributed by atoms with E-state index in [4.69, 9.17) is 18.9 Å². The predicted octanol–water partition coefficient (Wildman–Crippen LogP) is 5.16. The van der Waals surface area contributed by atoms with Gasteiger partial charge in [0.05, 0.1) is 5.92 Å². The van der Waals surface area contributed by atoms with E-state index in [9.17, 15) is 18.8 Å². The van der Waals surface area contributed by atoms with E-state index < -0.39 is 53.5 Å². The van der Waals surface area contributed by atoms with Crippen LogP contribution in [0.25, 0.3) is 0 Å². The average Bonchev–Trinajstić information content (AvgIpc) is 2.68. The Bertz CT molecular complexity index is 864. The van der Waals surface area contributed by atoms with E-state index in [-0.39, 0.29) is 19.4 Å². The number of nitrogens with one attached hydrogen (secondary N) is 1. The second-order valence-corrected chi connectivity index (χ2v) is 11.6. The zero-order valence-corrected chi connectivity index (χ0v) is 23.0. The number of alkyl carbamates (subject to hydrolysis) is 1. The average molecular weight is 512 g/mol. The summed E-state index contributed by atoms with van der Waals surface area (Å²) in [4.78, 5) is 38.7. The van der Waals surface area contributed by atoms with Crippen LogP contribution in [-0.2, 0) is 30.2 Å². The maximum absolute atomic E-state index is 13.1. The molecule has 0 aliphatic rings. The number of hydrogen-bond acceptors (Lipinski definition) is 7. The molecule has 0 radical (unpaired) electrons. The molecule has 8 nitrogen and oxygen atoms in total. The largest absolute Gasteiger partial charge is 0.491 e. The molecule has 9 heteroatoms. The standard InChI is InChI=1S/C27H42FNO7/c1-25(2,3)34-22(30)19(16-18-10-12-20(13-11-18)33-15-14-28)17-21(23(31)35-26(4,5)6)29-24(32)36-27(7,8)9/h10-13,19,21H,14-17H2,1-9H3,(H,29,32)/t19-,21-/m1/s1. The molecule has 1 rings (SSSR count). The van der Waals surface area contributed by atoms with Gasteiger partial charge in [-0.25, -0.2) is 14.0 Å². The number of alkyl halides is 1. The lowest BCUT2D eigenvalue weighted by molar-refractivity contribution is -0.162. The number of benzene rings is 1. The van der Waals surface area contributed by atoms with Gasteiger partial charge in [-0.05, 0) is 92.9 Å². The number of carbonyl (C=O) groups is 3. The maximum atomic E-state index is 13.1. The van der Waals surface area contributed by atoms with Crippen LogP contribution in [0.3, 0.4) is 0 Å². The molecule has 204 valence electrons. The van der Waals surface area contributed by atoms with Crippen LogP contribution in [0.4, 0.5) is 9.18 Å². The summed E-state index contributed by atoms with van der Waals surface area (Å²) in [6.45, 7) is 14.9. The smallest absolute Gasteiger partial charge is 0.408 e. The molecule has 0 unspecified atom stereocenters. The van der Waals surface area contributed by atoms with Gasteiger partial charge in [0.15, 0.2) is 0 Å². The van der Waals surface area contributed by atoms with Crippen LogP contribution < -0.4 is 10.1 Å². The summed E-state index contributed by atoms with van der Waals surface area (Å²) in [6.07, 6.45) is -0.632. The minimum atomic E-state index is -1.15. The first-order valence-electron chi connectivity index (χ1n) is 12.1. The van der Waals surface area contributed by atoms with Crippen LogP contribution in [0.2, 0.25) is 0 Å². The fourth-order valence-electron chi connectivity index (χ4n) is 3.13. The Labute approximate surface area is 214 Å². The molecule has 0 fully saturated rings. The Hall–Kier alpha value is -2.84. The van der Waals surface area contributed by atoms with Crippen molar-refractivity contribution in [3.63, 3.8) is 0 Å². The lowest BCUT2D eigenvalue weighted by Crippen LogP contribution is -2.48. The van der Waals surface area contributed by atoms with Gasteiger partial charge in [-0.1, -0.05) is 12.1 Å². The quantitative estimate of drug-likeness (QED) is 0.342. The summed E-state index contributed by atoms with van der Waals surface area (Å²) < 4.78 is 34.1. The molecule has 0 aliphatic carbocycles. The van der Waals surface area contributed by atoms with Crippen LogP contribution in [0.15, 0.2) is 24.3 Å². The van der Waals surface area contributed by atoms with Crippen LogP contribution in [0, 0.1) is 5.92 Å². The van der Waals surface area contributed by atoms with E-state index >= 15 is 0 Å². The highest BCUT2D eigenvalue weighted by molar-refractivity contribution is 5.83. The molecule has 0 saturated heterocycles. The van der Waals surface area contributed by atoms with Gasteiger partial charge in [0, 0.05) is 0 Å². The molecule has 1 N–H and O–H groups in total. The van der Waals surface area contributed by atoms with Crippen molar-refractivity contribution in [2.24, 2.45) is 5.92 Å². The fraction of sp³-hybridized carbons (Fsp3) is 0.667. The Kier molecular flexibility index (Phi) is 11.2. The van der Waals surface area contributed by atoms with Crippen molar-refractivity contribution in [1.82, 2.24) is 5.32 Å². The second kappa shape index (κ2) is 12.9. The molecule has 0 saturated carbocycles. The van der Waals surface area contributed by atoms with E-state index in [1.54, 1.807) is 86.6 Å². The van der Waals surface area contributed by atoms with Gasteiger partial charge >= 0.3 is 18.0 Å². The SMILES string of the molecule is CC(C)(C)OC(=O)N[C@H](C[C@@H](Cc1ccc(OCCF)cc1)C(=O)OC(C)(C)C)C(=O)OC(C)(C)C. The number of ether oxygens (including phenoxy) is 4. The lowest BCUT2D eigenvalue weighted by Gasteiger charge is -2.29. The number of amides is 1. The minimum Gasteiger partial charge on any atom is -0.491 e. The van der Waals surface area contributed by atoms with E-state index in [0.29, 0.717) is 5.75 Å².